The molecule has 2 N–H and O–H groups in total. The molecule has 18 heavy (non-hydrogen) atoms. The fourth-order valence-corrected chi connectivity index (χ4v) is 2.05. The summed E-state index contributed by atoms with van der Waals surface area (Å²) in [5.74, 6) is 1.01. The van der Waals surface area contributed by atoms with Crippen molar-refractivity contribution in [3.8, 4) is 0 Å². The standard InChI is InChI=1S/C15H20N2O/c1-17(12-14-8-5-11-18-14)10-4-7-13-6-2-3-9-15(13)16/h2-3,5-6,8-9,11H,4,7,10,12,16H2,1H3. The van der Waals surface area contributed by atoms with Gasteiger partial charge in [-0.15, -0.1) is 0 Å². The van der Waals surface area contributed by atoms with Crippen LogP contribution in [0, 0.1) is 0 Å². The van der Waals surface area contributed by atoms with Gasteiger partial charge in [0.15, 0.2) is 0 Å². The third-order valence-corrected chi connectivity index (χ3v) is 3.05. The molecular weight excluding hydrogens is 224 g/mol. The molecule has 0 radical (unpaired) electrons. The van der Waals surface area contributed by atoms with E-state index in [0.29, 0.717) is 0 Å². The minimum absolute atomic E-state index is 0.858. The van der Waals surface area contributed by atoms with E-state index in [1.165, 1.54) is 5.56 Å². The zero-order valence-electron chi connectivity index (χ0n) is 10.8. The van der Waals surface area contributed by atoms with Crippen LogP contribution in [0.25, 0.3) is 0 Å². The fourth-order valence-electron chi connectivity index (χ4n) is 2.05. The Bertz CT molecular complexity index is 465. The molecule has 2 rings (SSSR count). The molecule has 3 heteroatoms. The van der Waals surface area contributed by atoms with Gasteiger partial charge in [0.2, 0.25) is 0 Å². The number of anilines is 1. The summed E-state index contributed by atoms with van der Waals surface area (Å²) < 4.78 is 5.33. The van der Waals surface area contributed by atoms with Crippen LogP contribution in [0.1, 0.15) is 17.7 Å². The van der Waals surface area contributed by atoms with Crippen LogP contribution in [0.15, 0.2) is 47.1 Å². The summed E-state index contributed by atoms with van der Waals surface area (Å²) in [5.41, 5.74) is 8.05. The highest BCUT2D eigenvalue weighted by Gasteiger charge is 2.03. The second kappa shape index (κ2) is 6.26. The highest BCUT2D eigenvalue weighted by molar-refractivity contribution is 5.46. The molecule has 0 spiro atoms. The molecule has 0 aliphatic carbocycles. The van der Waals surface area contributed by atoms with Crippen LogP contribution < -0.4 is 5.73 Å². The number of rotatable bonds is 6. The van der Waals surface area contributed by atoms with Crippen LogP contribution >= 0.6 is 0 Å². The summed E-state index contributed by atoms with van der Waals surface area (Å²) in [6.07, 6.45) is 3.84. The van der Waals surface area contributed by atoms with E-state index >= 15 is 0 Å². The molecular formula is C15H20N2O. The van der Waals surface area contributed by atoms with E-state index in [4.69, 9.17) is 10.2 Å². The number of nitrogens with two attached hydrogens (primary N) is 1. The van der Waals surface area contributed by atoms with Crippen LogP contribution in [-0.2, 0) is 13.0 Å². The average molecular weight is 244 g/mol. The monoisotopic (exact) mass is 244 g/mol. The molecule has 0 amide bonds. The Labute approximate surface area is 108 Å². The molecule has 0 saturated heterocycles. The van der Waals surface area contributed by atoms with Gasteiger partial charge in [-0.25, -0.2) is 0 Å². The van der Waals surface area contributed by atoms with E-state index < -0.39 is 0 Å². The van der Waals surface area contributed by atoms with E-state index in [9.17, 15) is 0 Å². The van der Waals surface area contributed by atoms with Crippen molar-refractivity contribution in [3.05, 3.63) is 54.0 Å². The third kappa shape index (κ3) is 3.64. The van der Waals surface area contributed by atoms with Gasteiger partial charge in [-0.1, -0.05) is 18.2 Å². The zero-order valence-corrected chi connectivity index (χ0v) is 10.8. The van der Waals surface area contributed by atoms with Gasteiger partial charge in [-0.05, 0) is 50.2 Å². The lowest BCUT2D eigenvalue weighted by atomic mass is 10.1. The largest absolute Gasteiger partial charge is 0.468 e. The molecule has 0 bridgehead atoms. The van der Waals surface area contributed by atoms with Crippen molar-refractivity contribution in [1.82, 2.24) is 4.90 Å². The first-order valence-electron chi connectivity index (χ1n) is 6.30. The number of para-hydroxylation sites is 1. The van der Waals surface area contributed by atoms with Crippen LogP contribution in [0.4, 0.5) is 5.69 Å². The molecule has 96 valence electrons. The quantitative estimate of drug-likeness (QED) is 0.794. The fraction of sp³-hybridized carbons (Fsp3) is 0.333. The molecule has 3 nitrogen and oxygen atoms in total. The Morgan fingerprint density at radius 1 is 1.17 bits per heavy atom. The molecule has 1 aromatic carbocycles. The third-order valence-electron chi connectivity index (χ3n) is 3.05. The van der Waals surface area contributed by atoms with Gasteiger partial charge in [0.25, 0.3) is 0 Å². The van der Waals surface area contributed by atoms with Gasteiger partial charge < -0.3 is 10.2 Å². The SMILES string of the molecule is CN(CCCc1ccccc1N)Cc1ccco1. The Morgan fingerprint density at radius 2 is 2.00 bits per heavy atom. The van der Waals surface area contributed by atoms with Crippen molar-refractivity contribution in [2.75, 3.05) is 19.3 Å². The van der Waals surface area contributed by atoms with Crippen LogP contribution in [0.5, 0.6) is 0 Å². The predicted octanol–water partition coefficient (Wildman–Crippen LogP) is 2.93. The number of aryl methyl sites for hydroxylation is 1. The lowest BCUT2D eigenvalue weighted by molar-refractivity contribution is 0.292. The Kier molecular flexibility index (Phi) is 4.42. The maximum Gasteiger partial charge on any atom is 0.117 e. The number of hydrogen-bond acceptors (Lipinski definition) is 3. The predicted molar refractivity (Wildman–Crippen MR) is 74.2 cm³/mol. The first kappa shape index (κ1) is 12.7. The maximum absolute atomic E-state index is 5.92. The minimum Gasteiger partial charge on any atom is -0.468 e. The van der Waals surface area contributed by atoms with Gasteiger partial charge >= 0.3 is 0 Å². The topological polar surface area (TPSA) is 42.4 Å². The number of hydrogen-bond donors (Lipinski definition) is 1. The minimum atomic E-state index is 0.858. The average Bonchev–Trinajstić information content (AvgIpc) is 2.84. The number of furan rings is 1. The van der Waals surface area contributed by atoms with Gasteiger partial charge in [-0.2, -0.15) is 0 Å². The summed E-state index contributed by atoms with van der Waals surface area (Å²) in [5, 5.41) is 0. The summed E-state index contributed by atoms with van der Waals surface area (Å²) in [4.78, 5) is 2.26. The van der Waals surface area contributed by atoms with Gasteiger partial charge in [0.05, 0.1) is 12.8 Å². The highest BCUT2D eigenvalue weighted by Crippen LogP contribution is 2.13. The van der Waals surface area contributed by atoms with Crippen molar-refractivity contribution in [2.45, 2.75) is 19.4 Å². The summed E-state index contributed by atoms with van der Waals surface area (Å²) >= 11 is 0. The Hall–Kier alpha value is -1.74. The first-order valence-corrected chi connectivity index (χ1v) is 6.30. The number of benzene rings is 1. The van der Waals surface area contributed by atoms with Crippen molar-refractivity contribution in [3.63, 3.8) is 0 Å². The van der Waals surface area contributed by atoms with Crippen LogP contribution in [0.3, 0.4) is 0 Å². The second-order valence-electron chi connectivity index (χ2n) is 4.62. The van der Waals surface area contributed by atoms with E-state index in [0.717, 1.165) is 37.4 Å². The summed E-state index contributed by atoms with van der Waals surface area (Å²) in [6.45, 7) is 1.90. The van der Waals surface area contributed by atoms with E-state index in [1.807, 2.05) is 30.3 Å². The normalized spacial score (nSPS) is 11.0. The second-order valence-corrected chi connectivity index (χ2v) is 4.62. The molecule has 0 fully saturated rings. The van der Waals surface area contributed by atoms with Crippen molar-refractivity contribution in [2.24, 2.45) is 0 Å². The molecule has 0 saturated carbocycles. The molecule has 0 aliphatic heterocycles. The lowest BCUT2D eigenvalue weighted by Gasteiger charge is -2.15. The summed E-state index contributed by atoms with van der Waals surface area (Å²) in [6, 6.07) is 12.0. The van der Waals surface area contributed by atoms with Crippen molar-refractivity contribution in [1.29, 1.82) is 0 Å². The molecule has 1 heterocycles. The first-order chi connectivity index (χ1) is 8.75. The lowest BCUT2D eigenvalue weighted by Crippen LogP contribution is -2.19. The van der Waals surface area contributed by atoms with Gasteiger partial charge in [0.1, 0.15) is 5.76 Å². The molecule has 2 aromatic rings. The number of nitrogen functional groups attached to an aromatic ring is 1. The Morgan fingerprint density at radius 3 is 2.72 bits per heavy atom. The smallest absolute Gasteiger partial charge is 0.117 e. The molecule has 0 unspecified atom stereocenters. The zero-order chi connectivity index (χ0) is 12.8. The Balaban J connectivity index is 1.74. The van der Waals surface area contributed by atoms with E-state index in [-0.39, 0.29) is 0 Å². The van der Waals surface area contributed by atoms with Crippen molar-refractivity contribution >= 4 is 5.69 Å². The maximum atomic E-state index is 5.92. The van der Waals surface area contributed by atoms with Gasteiger partial charge in [-0.3, -0.25) is 4.90 Å². The van der Waals surface area contributed by atoms with E-state index in [2.05, 4.69) is 18.0 Å². The molecule has 1 aromatic heterocycles. The van der Waals surface area contributed by atoms with Gasteiger partial charge in [0, 0.05) is 5.69 Å². The highest BCUT2D eigenvalue weighted by atomic mass is 16.3. The van der Waals surface area contributed by atoms with E-state index in [1.54, 1.807) is 6.26 Å². The molecule has 0 aliphatic rings. The number of nitrogens with zero attached hydrogens (tertiary/aromatic N) is 1. The molecule has 0 atom stereocenters. The van der Waals surface area contributed by atoms with Crippen LogP contribution in [0.2, 0.25) is 0 Å². The van der Waals surface area contributed by atoms with Crippen LogP contribution in [-0.4, -0.2) is 18.5 Å². The van der Waals surface area contributed by atoms with Crippen molar-refractivity contribution < 1.29 is 4.42 Å². The summed E-state index contributed by atoms with van der Waals surface area (Å²) in [7, 11) is 2.11.